The van der Waals surface area contributed by atoms with Gasteiger partial charge in [0.15, 0.2) is 0 Å². The Morgan fingerprint density at radius 3 is 1.50 bits per heavy atom. The van der Waals surface area contributed by atoms with Crippen LogP contribution in [-0.4, -0.2) is 10.2 Å². The first-order chi connectivity index (χ1) is 17.9. The molecule has 2 nitrogen and oxygen atoms in total. The van der Waals surface area contributed by atoms with Crippen molar-refractivity contribution in [2.24, 2.45) is 0 Å². The van der Waals surface area contributed by atoms with Crippen LogP contribution in [0.2, 0.25) is 0 Å². The first-order valence-corrected chi connectivity index (χ1v) is 13.0. The van der Waals surface area contributed by atoms with E-state index in [0.717, 1.165) is 21.1 Å². The van der Waals surface area contributed by atoms with Crippen molar-refractivity contribution in [2.75, 3.05) is 0 Å². The van der Waals surface area contributed by atoms with Crippen LogP contribution in [0, 0.1) is 0 Å². The predicted octanol–water partition coefficient (Wildman–Crippen LogP) is 8.22. The van der Waals surface area contributed by atoms with E-state index in [1.54, 1.807) is 11.3 Å². The summed E-state index contributed by atoms with van der Waals surface area (Å²) in [6.07, 6.45) is 0. The number of hydrogen-bond acceptors (Lipinski definition) is 3. The second kappa shape index (κ2) is 7.33. The lowest BCUT2D eigenvalue weighted by Crippen LogP contribution is -2.25. The summed E-state index contributed by atoms with van der Waals surface area (Å²) < 4.78 is 0. The molecule has 6 aromatic rings. The molecule has 0 atom stereocenters. The summed E-state index contributed by atoms with van der Waals surface area (Å²) in [5.41, 5.74) is 12.6. The summed E-state index contributed by atoms with van der Waals surface area (Å²) >= 11 is 1.64. The van der Waals surface area contributed by atoms with Gasteiger partial charge in [-0.3, -0.25) is 0 Å². The average molecular weight is 477 g/mol. The molecule has 5 aromatic carbocycles. The molecule has 0 fully saturated rings. The van der Waals surface area contributed by atoms with E-state index in [-0.39, 0.29) is 5.41 Å². The van der Waals surface area contributed by atoms with E-state index in [1.165, 1.54) is 44.5 Å². The zero-order chi connectivity index (χ0) is 23.7. The molecule has 0 N–H and O–H groups in total. The molecule has 0 radical (unpaired) electrons. The van der Waals surface area contributed by atoms with Crippen LogP contribution >= 0.6 is 11.3 Å². The second-order valence-corrected chi connectivity index (χ2v) is 10.4. The van der Waals surface area contributed by atoms with Crippen LogP contribution in [0.3, 0.4) is 0 Å². The van der Waals surface area contributed by atoms with Crippen molar-refractivity contribution in [3.8, 4) is 43.4 Å². The molecule has 168 valence electrons. The maximum absolute atomic E-state index is 4.57. The highest BCUT2D eigenvalue weighted by Gasteiger charge is 2.51. The Hall–Kier alpha value is -4.34. The molecule has 0 saturated carbocycles. The van der Waals surface area contributed by atoms with E-state index in [2.05, 4.69) is 113 Å². The SMILES string of the molecule is c1ccc(-c2nnc(-c3ccc4c(c3)-c3ccccc3C43c4ccccc4-c4ccccc43)s2)cc1. The van der Waals surface area contributed by atoms with Gasteiger partial charge in [0.2, 0.25) is 0 Å². The van der Waals surface area contributed by atoms with Crippen molar-refractivity contribution < 1.29 is 0 Å². The summed E-state index contributed by atoms with van der Waals surface area (Å²) in [7, 11) is 0. The Bertz CT molecular complexity index is 1750. The number of aromatic nitrogens is 2. The Balaban J connectivity index is 1.37. The molecule has 0 saturated heterocycles. The highest BCUT2D eigenvalue weighted by Crippen LogP contribution is 2.62. The molecule has 0 aliphatic heterocycles. The third-order valence-electron chi connectivity index (χ3n) is 7.69. The van der Waals surface area contributed by atoms with Gasteiger partial charge in [0.25, 0.3) is 0 Å². The van der Waals surface area contributed by atoms with Crippen LogP contribution in [0.15, 0.2) is 121 Å². The fourth-order valence-electron chi connectivity index (χ4n) is 6.27. The molecule has 1 spiro atoms. The smallest absolute Gasteiger partial charge is 0.138 e. The van der Waals surface area contributed by atoms with Crippen molar-refractivity contribution in [1.82, 2.24) is 10.2 Å². The largest absolute Gasteiger partial charge is 0.148 e. The second-order valence-electron chi connectivity index (χ2n) is 9.43. The van der Waals surface area contributed by atoms with Crippen molar-refractivity contribution in [2.45, 2.75) is 5.41 Å². The van der Waals surface area contributed by atoms with Crippen LogP contribution in [0.4, 0.5) is 0 Å². The summed E-state index contributed by atoms with van der Waals surface area (Å²) in [5.74, 6) is 0. The van der Waals surface area contributed by atoms with E-state index in [1.807, 2.05) is 18.2 Å². The molecule has 2 aliphatic rings. The predicted molar refractivity (Wildman–Crippen MR) is 147 cm³/mol. The molecular weight excluding hydrogens is 456 g/mol. The van der Waals surface area contributed by atoms with Gasteiger partial charge >= 0.3 is 0 Å². The number of nitrogens with zero attached hydrogens (tertiary/aromatic N) is 2. The average Bonchev–Trinajstić information content (AvgIpc) is 3.63. The van der Waals surface area contributed by atoms with E-state index < -0.39 is 0 Å². The molecule has 0 bridgehead atoms. The summed E-state index contributed by atoms with van der Waals surface area (Å²) in [4.78, 5) is 0. The van der Waals surface area contributed by atoms with Gasteiger partial charge in [-0.15, -0.1) is 10.2 Å². The third-order valence-corrected chi connectivity index (χ3v) is 8.71. The van der Waals surface area contributed by atoms with Crippen LogP contribution in [0.1, 0.15) is 22.3 Å². The fourth-order valence-corrected chi connectivity index (χ4v) is 7.12. The standard InChI is InChI=1S/C33H20N2S/c1-2-10-21(11-3-1)31-34-35-32(36-31)22-18-19-30-26(20-22)25-14-6-9-17-29(25)33(30)27-15-7-4-12-23(27)24-13-5-8-16-28(24)33/h1-20H. The van der Waals surface area contributed by atoms with E-state index in [9.17, 15) is 0 Å². The Kier molecular flexibility index (Phi) is 4.05. The van der Waals surface area contributed by atoms with Crippen molar-refractivity contribution in [3.63, 3.8) is 0 Å². The minimum absolute atomic E-state index is 0.298. The van der Waals surface area contributed by atoms with Gasteiger partial charge in [0.1, 0.15) is 10.0 Å². The monoisotopic (exact) mass is 476 g/mol. The molecule has 0 amide bonds. The summed E-state index contributed by atoms with van der Waals surface area (Å²) in [5, 5.41) is 11.0. The van der Waals surface area contributed by atoms with E-state index in [4.69, 9.17) is 0 Å². The highest BCUT2D eigenvalue weighted by molar-refractivity contribution is 7.17. The third kappa shape index (κ3) is 2.50. The molecule has 2 aliphatic carbocycles. The van der Waals surface area contributed by atoms with Gasteiger partial charge in [0.05, 0.1) is 5.41 Å². The molecule has 1 heterocycles. The molecular formula is C33H20N2S. The van der Waals surface area contributed by atoms with Gasteiger partial charge in [-0.2, -0.15) is 0 Å². The number of rotatable bonds is 2. The number of fused-ring (bicyclic) bond motifs is 10. The first kappa shape index (κ1) is 19.9. The fraction of sp³-hybridized carbons (Fsp3) is 0.0303. The summed E-state index contributed by atoms with van der Waals surface area (Å²) in [6, 6.07) is 43.9. The molecule has 1 aromatic heterocycles. The summed E-state index contributed by atoms with van der Waals surface area (Å²) in [6.45, 7) is 0. The molecule has 36 heavy (non-hydrogen) atoms. The van der Waals surface area contributed by atoms with Gasteiger partial charge in [-0.1, -0.05) is 127 Å². The van der Waals surface area contributed by atoms with Crippen LogP contribution < -0.4 is 0 Å². The molecule has 3 heteroatoms. The zero-order valence-electron chi connectivity index (χ0n) is 19.3. The van der Waals surface area contributed by atoms with Crippen LogP contribution in [0.25, 0.3) is 43.4 Å². The van der Waals surface area contributed by atoms with Gasteiger partial charge in [-0.25, -0.2) is 0 Å². The molecule has 8 rings (SSSR count). The topological polar surface area (TPSA) is 25.8 Å². The van der Waals surface area contributed by atoms with Gasteiger partial charge in [-0.05, 0) is 50.6 Å². The zero-order valence-corrected chi connectivity index (χ0v) is 20.2. The normalized spacial score (nSPS) is 13.8. The minimum Gasteiger partial charge on any atom is -0.138 e. The Morgan fingerprint density at radius 2 is 0.889 bits per heavy atom. The van der Waals surface area contributed by atoms with E-state index in [0.29, 0.717) is 0 Å². The first-order valence-electron chi connectivity index (χ1n) is 12.2. The lowest BCUT2D eigenvalue weighted by Gasteiger charge is -2.30. The number of benzene rings is 5. The highest BCUT2D eigenvalue weighted by atomic mass is 32.1. The lowest BCUT2D eigenvalue weighted by molar-refractivity contribution is 0.794. The van der Waals surface area contributed by atoms with Crippen LogP contribution in [0.5, 0.6) is 0 Å². The Morgan fingerprint density at radius 1 is 0.417 bits per heavy atom. The van der Waals surface area contributed by atoms with Crippen molar-refractivity contribution in [1.29, 1.82) is 0 Å². The van der Waals surface area contributed by atoms with Crippen molar-refractivity contribution in [3.05, 3.63) is 144 Å². The lowest BCUT2D eigenvalue weighted by atomic mass is 9.70. The number of hydrogen-bond donors (Lipinski definition) is 0. The minimum atomic E-state index is -0.298. The quantitative estimate of drug-likeness (QED) is 0.251. The maximum atomic E-state index is 4.57. The molecule has 0 unspecified atom stereocenters. The van der Waals surface area contributed by atoms with Crippen molar-refractivity contribution >= 4 is 11.3 Å². The van der Waals surface area contributed by atoms with Gasteiger partial charge in [0, 0.05) is 11.1 Å². The maximum Gasteiger partial charge on any atom is 0.148 e. The van der Waals surface area contributed by atoms with E-state index >= 15 is 0 Å². The van der Waals surface area contributed by atoms with Gasteiger partial charge < -0.3 is 0 Å². The van der Waals surface area contributed by atoms with Crippen LogP contribution in [-0.2, 0) is 5.41 Å². The Labute approximate surface area is 213 Å².